The molecule has 5 heteroatoms. The number of carbonyl (C=O) groups excluding carboxylic acids is 1. The van der Waals surface area contributed by atoms with Crippen molar-refractivity contribution < 1.29 is 14.3 Å². The van der Waals surface area contributed by atoms with Gasteiger partial charge in [-0.3, -0.25) is 4.79 Å². The van der Waals surface area contributed by atoms with Gasteiger partial charge >= 0.3 is 5.97 Å². The SMILES string of the molecule is COCC(C)CNC(CC(=O)OC)c1cccs1. The third kappa shape index (κ3) is 5.16. The van der Waals surface area contributed by atoms with Gasteiger partial charge in [0, 0.05) is 25.1 Å². The standard InChI is InChI=1S/C13H21NO3S/c1-10(9-16-2)8-14-11(7-13(15)17-3)12-5-4-6-18-12/h4-6,10-11,14H,7-9H2,1-3H3. The number of rotatable bonds is 8. The van der Waals surface area contributed by atoms with Gasteiger partial charge in [0.05, 0.1) is 19.6 Å². The molecule has 102 valence electrons. The summed E-state index contributed by atoms with van der Waals surface area (Å²) in [5.41, 5.74) is 0. The maximum absolute atomic E-state index is 11.4. The summed E-state index contributed by atoms with van der Waals surface area (Å²) >= 11 is 1.65. The quantitative estimate of drug-likeness (QED) is 0.737. The molecule has 18 heavy (non-hydrogen) atoms. The number of carbonyl (C=O) groups is 1. The minimum absolute atomic E-state index is 0.0248. The first-order chi connectivity index (χ1) is 8.67. The average Bonchev–Trinajstić information content (AvgIpc) is 2.88. The third-order valence-corrected chi connectivity index (χ3v) is 3.63. The summed E-state index contributed by atoms with van der Waals surface area (Å²) in [7, 11) is 3.11. The molecule has 0 saturated heterocycles. The van der Waals surface area contributed by atoms with Crippen molar-refractivity contribution in [3.8, 4) is 0 Å². The van der Waals surface area contributed by atoms with Crippen LogP contribution in [0.5, 0.6) is 0 Å². The molecule has 0 aromatic carbocycles. The Morgan fingerprint density at radius 2 is 2.28 bits per heavy atom. The molecule has 0 radical (unpaired) electrons. The van der Waals surface area contributed by atoms with E-state index < -0.39 is 0 Å². The zero-order valence-electron chi connectivity index (χ0n) is 11.1. The molecule has 0 aliphatic heterocycles. The van der Waals surface area contributed by atoms with Crippen LogP contribution < -0.4 is 5.32 Å². The highest BCUT2D eigenvalue weighted by molar-refractivity contribution is 7.10. The zero-order valence-corrected chi connectivity index (χ0v) is 12.0. The highest BCUT2D eigenvalue weighted by atomic mass is 32.1. The summed E-state index contributed by atoms with van der Waals surface area (Å²) in [6.45, 7) is 3.63. The molecule has 1 aromatic rings. The van der Waals surface area contributed by atoms with E-state index in [0.717, 1.165) is 11.4 Å². The first-order valence-corrected chi connectivity index (χ1v) is 6.87. The monoisotopic (exact) mass is 271 g/mol. The van der Waals surface area contributed by atoms with E-state index in [9.17, 15) is 4.79 Å². The van der Waals surface area contributed by atoms with Crippen LogP contribution in [0.4, 0.5) is 0 Å². The molecule has 0 fully saturated rings. The Kier molecular flexibility index (Phi) is 6.93. The van der Waals surface area contributed by atoms with Crippen molar-refractivity contribution in [1.29, 1.82) is 0 Å². The van der Waals surface area contributed by atoms with E-state index in [1.807, 2.05) is 17.5 Å². The normalized spacial score (nSPS) is 14.2. The smallest absolute Gasteiger partial charge is 0.307 e. The maximum atomic E-state index is 11.4. The molecule has 2 atom stereocenters. The van der Waals surface area contributed by atoms with Gasteiger partial charge in [-0.15, -0.1) is 11.3 Å². The van der Waals surface area contributed by atoms with E-state index in [2.05, 4.69) is 12.2 Å². The van der Waals surface area contributed by atoms with Gasteiger partial charge in [0.15, 0.2) is 0 Å². The van der Waals surface area contributed by atoms with Crippen LogP contribution in [0.25, 0.3) is 0 Å². The van der Waals surface area contributed by atoms with Crippen molar-refractivity contribution in [2.45, 2.75) is 19.4 Å². The number of methoxy groups -OCH3 is 2. The Morgan fingerprint density at radius 3 is 2.83 bits per heavy atom. The minimum atomic E-state index is -0.194. The lowest BCUT2D eigenvalue weighted by molar-refractivity contribution is -0.141. The van der Waals surface area contributed by atoms with Crippen molar-refractivity contribution >= 4 is 17.3 Å². The number of ether oxygens (including phenoxy) is 2. The van der Waals surface area contributed by atoms with Crippen LogP contribution in [0, 0.1) is 5.92 Å². The van der Waals surface area contributed by atoms with Gasteiger partial charge in [0.2, 0.25) is 0 Å². The maximum Gasteiger partial charge on any atom is 0.307 e. The second kappa shape index (κ2) is 8.24. The highest BCUT2D eigenvalue weighted by Gasteiger charge is 2.17. The molecule has 1 N–H and O–H groups in total. The molecule has 0 saturated carbocycles. The van der Waals surface area contributed by atoms with Gasteiger partial charge < -0.3 is 14.8 Å². The van der Waals surface area contributed by atoms with E-state index in [1.54, 1.807) is 18.4 Å². The Hall–Kier alpha value is -0.910. The lowest BCUT2D eigenvalue weighted by Gasteiger charge is -2.19. The van der Waals surface area contributed by atoms with Crippen molar-refractivity contribution in [1.82, 2.24) is 5.32 Å². The topological polar surface area (TPSA) is 47.6 Å². The summed E-state index contributed by atoms with van der Waals surface area (Å²) in [5, 5.41) is 5.42. The molecule has 1 heterocycles. The lowest BCUT2D eigenvalue weighted by Crippen LogP contribution is -2.29. The summed E-state index contributed by atoms with van der Waals surface area (Å²) in [5.74, 6) is 0.218. The van der Waals surface area contributed by atoms with Gasteiger partial charge in [-0.2, -0.15) is 0 Å². The Balaban J connectivity index is 2.53. The molecule has 4 nitrogen and oxygen atoms in total. The molecule has 1 aromatic heterocycles. The van der Waals surface area contributed by atoms with Crippen molar-refractivity contribution in [3.05, 3.63) is 22.4 Å². The molecule has 0 amide bonds. The van der Waals surface area contributed by atoms with Gasteiger partial charge in [0.1, 0.15) is 0 Å². The summed E-state index contributed by atoms with van der Waals surface area (Å²) < 4.78 is 9.83. The van der Waals surface area contributed by atoms with Crippen LogP contribution in [-0.4, -0.2) is 33.3 Å². The molecule has 1 rings (SSSR count). The first-order valence-electron chi connectivity index (χ1n) is 6.00. The number of hydrogen-bond acceptors (Lipinski definition) is 5. The van der Waals surface area contributed by atoms with Crippen LogP contribution in [0.15, 0.2) is 17.5 Å². The second-order valence-electron chi connectivity index (χ2n) is 4.32. The largest absolute Gasteiger partial charge is 0.469 e. The molecule has 0 spiro atoms. The fourth-order valence-electron chi connectivity index (χ4n) is 1.70. The van der Waals surface area contributed by atoms with Gasteiger partial charge in [-0.1, -0.05) is 13.0 Å². The Labute approximate surface area is 112 Å². The van der Waals surface area contributed by atoms with Gasteiger partial charge in [-0.05, 0) is 17.4 Å². The predicted octanol–water partition coefficient (Wildman–Crippen LogP) is 2.22. The summed E-state index contributed by atoms with van der Waals surface area (Å²) in [6.07, 6.45) is 0.358. The Morgan fingerprint density at radius 1 is 1.50 bits per heavy atom. The van der Waals surface area contributed by atoms with Gasteiger partial charge in [-0.25, -0.2) is 0 Å². The first kappa shape index (κ1) is 15.1. The van der Waals surface area contributed by atoms with E-state index in [4.69, 9.17) is 9.47 Å². The zero-order chi connectivity index (χ0) is 13.4. The minimum Gasteiger partial charge on any atom is -0.469 e. The molecule has 0 aliphatic carbocycles. The molecular formula is C13H21NO3S. The number of thiophene rings is 1. The molecular weight excluding hydrogens is 250 g/mol. The van der Waals surface area contributed by atoms with Crippen molar-refractivity contribution in [2.24, 2.45) is 5.92 Å². The molecule has 2 unspecified atom stereocenters. The average molecular weight is 271 g/mol. The summed E-state index contributed by atoms with van der Waals surface area (Å²) in [4.78, 5) is 12.6. The number of hydrogen-bond donors (Lipinski definition) is 1. The summed E-state index contributed by atoms with van der Waals surface area (Å²) in [6, 6.07) is 4.05. The predicted molar refractivity (Wildman–Crippen MR) is 72.7 cm³/mol. The van der Waals surface area contributed by atoms with Crippen LogP contribution >= 0.6 is 11.3 Å². The van der Waals surface area contributed by atoms with E-state index >= 15 is 0 Å². The molecule has 0 aliphatic rings. The lowest BCUT2D eigenvalue weighted by atomic mass is 10.1. The van der Waals surface area contributed by atoms with Crippen LogP contribution in [0.2, 0.25) is 0 Å². The second-order valence-corrected chi connectivity index (χ2v) is 5.30. The van der Waals surface area contributed by atoms with Crippen LogP contribution in [0.1, 0.15) is 24.3 Å². The third-order valence-electron chi connectivity index (χ3n) is 2.65. The highest BCUT2D eigenvalue weighted by Crippen LogP contribution is 2.22. The number of esters is 1. The van der Waals surface area contributed by atoms with Crippen molar-refractivity contribution in [2.75, 3.05) is 27.4 Å². The van der Waals surface area contributed by atoms with E-state index in [0.29, 0.717) is 18.9 Å². The van der Waals surface area contributed by atoms with Crippen molar-refractivity contribution in [3.63, 3.8) is 0 Å². The van der Waals surface area contributed by atoms with Crippen LogP contribution in [-0.2, 0) is 14.3 Å². The molecule has 0 bridgehead atoms. The van der Waals surface area contributed by atoms with Crippen LogP contribution in [0.3, 0.4) is 0 Å². The fraction of sp³-hybridized carbons (Fsp3) is 0.615. The van der Waals surface area contributed by atoms with E-state index in [1.165, 1.54) is 7.11 Å². The van der Waals surface area contributed by atoms with Gasteiger partial charge in [0.25, 0.3) is 0 Å². The fourth-order valence-corrected chi connectivity index (χ4v) is 2.50. The number of nitrogens with one attached hydrogen (secondary N) is 1. The van der Waals surface area contributed by atoms with E-state index in [-0.39, 0.29) is 12.0 Å². The Bertz CT molecular complexity index is 340.